The Bertz CT molecular complexity index is 431. The van der Waals surface area contributed by atoms with Gasteiger partial charge in [0.1, 0.15) is 5.82 Å². The fraction of sp³-hybridized carbons (Fsp3) is 0.600. The first-order valence-corrected chi connectivity index (χ1v) is 7.44. The van der Waals surface area contributed by atoms with Gasteiger partial charge in [0.2, 0.25) is 0 Å². The molecule has 1 aromatic carbocycles. The second-order valence-corrected chi connectivity index (χ2v) is 6.70. The Labute approximate surface area is 117 Å². The molecule has 0 bridgehead atoms. The van der Waals surface area contributed by atoms with E-state index in [0.29, 0.717) is 12.0 Å². The first-order valence-electron chi connectivity index (χ1n) is 6.65. The largest absolute Gasteiger partial charge is 0.313 e. The molecule has 0 saturated heterocycles. The Balaban J connectivity index is 2.14. The molecule has 0 aromatic heterocycles. The number of hydrogen-bond donors (Lipinski definition) is 1. The van der Waals surface area contributed by atoms with Crippen LogP contribution >= 0.6 is 15.9 Å². The van der Waals surface area contributed by atoms with Crippen molar-refractivity contribution in [3.05, 3.63) is 34.1 Å². The van der Waals surface area contributed by atoms with E-state index >= 15 is 0 Å². The van der Waals surface area contributed by atoms with Crippen molar-refractivity contribution in [3.63, 3.8) is 0 Å². The van der Waals surface area contributed by atoms with Crippen molar-refractivity contribution < 1.29 is 4.39 Å². The molecule has 0 amide bonds. The minimum Gasteiger partial charge on any atom is -0.313 e. The van der Waals surface area contributed by atoms with Crippen LogP contribution in [0, 0.1) is 11.2 Å². The van der Waals surface area contributed by atoms with Crippen molar-refractivity contribution >= 4 is 15.9 Å². The summed E-state index contributed by atoms with van der Waals surface area (Å²) in [7, 11) is 0. The topological polar surface area (TPSA) is 12.0 Å². The van der Waals surface area contributed by atoms with Crippen LogP contribution in [-0.2, 0) is 0 Å². The molecule has 1 aliphatic rings. The van der Waals surface area contributed by atoms with Gasteiger partial charge in [-0.25, -0.2) is 4.39 Å². The minimum absolute atomic E-state index is 0.0785. The molecule has 0 aliphatic heterocycles. The number of hydrogen-bond acceptors (Lipinski definition) is 1. The van der Waals surface area contributed by atoms with Gasteiger partial charge in [-0.1, -0.05) is 36.7 Å². The maximum Gasteiger partial charge on any atom is 0.126 e. The third-order valence-corrected chi connectivity index (χ3v) is 4.74. The molecular weight excluding hydrogens is 293 g/mol. The second kappa shape index (κ2) is 5.30. The number of rotatable bonds is 4. The van der Waals surface area contributed by atoms with Gasteiger partial charge in [-0.15, -0.1) is 0 Å². The third kappa shape index (κ3) is 2.48. The van der Waals surface area contributed by atoms with Gasteiger partial charge >= 0.3 is 0 Å². The first kappa shape index (κ1) is 14.0. The molecule has 100 valence electrons. The Kier molecular flexibility index (Phi) is 4.12. The molecule has 2 rings (SSSR count). The van der Waals surface area contributed by atoms with Gasteiger partial charge in [-0.05, 0) is 54.5 Å². The van der Waals surface area contributed by atoms with Crippen LogP contribution in [0.15, 0.2) is 22.7 Å². The van der Waals surface area contributed by atoms with Crippen molar-refractivity contribution in [1.29, 1.82) is 0 Å². The summed E-state index contributed by atoms with van der Waals surface area (Å²) in [5, 5.41) is 3.56. The van der Waals surface area contributed by atoms with Gasteiger partial charge < -0.3 is 5.32 Å². The summed E-state index contributed by atoms with van der Waals surface area (Å²) < 4.78 is 14.9. The van der Waals surface area contributed by atoms with E-state index in [1.807, 2.05) is 6.07 Å². The maximum absolute atomic E-state index is 13.9. The lowest BCUT2D eigenvalue weighted by Gasteiger charge is -2.53. The summed E-state index contributed by atoms with van der Waals surface area (Å²) in [6, 6.07) is 5.75. The highest BCUT2D eigenvalue weighted by molar-refractivity contribution is 9.10. The second-order valence-electron chi connectivity index (χ2n) is 5.78. The van der Waals surface area contributed by atoms with Gasteiger partial charge in [0.05, 0.1) is 0 Å². The van der Waals surface area contributed by atoms with Gasteiger partial charge in [0.25, 0.3) is 0 Å². The predicted octanol–water partition coefficient (Wildman–Crippen LogP) is 4.47. The van der Waals surface area contributed by atoms with Crippen molar-refractivity contribution in [2.45, 2.75) is 45.6 Å². The highest BCUT2D eigenvalue weighted by Gasteiger charge is 2.49. The summed E-state index contributed by atoms with van der Waals surface area (Å²) in [4.78, 5) is 0. The zero-order valence-electron chi connectivity index (χ0n) is 11.3. The van der Waals surface area contributed by atoms with E-state index < -0.39 is 0 Å². The van der Waals surface area contributed by atoms with Gasteiger partial charge in [0, 0.05) is 10.5 Å². The summed E-state index contributed by atoms with van der Waals surface area (Å²) in [6.45, 7) is 7.68. The van der Waals surface area contributed by atoms with Crippen LogP contribution in [0.2, 0.25) is 0 Å². The van der Waals surface area contributed by atoms with E-state index in [4.69, 9.17) is 0 Å². The molecule has 1 aliphatic carbocycles. The maximum atomic E-state index is 13.9. The van der Waals surface area contributed by atoms with E-state index in [-0.39, 0.29) is 11.2 Å². The minimum atomic E-state index is -0.0785. The average Bonchev–Trinajstić information content (AvgIpc) is 2.32. The molecule has 0 radical (unpaired) electrons. The fourth-order valence-corrected chi connectivity index (χ4v) is 3.28. The standard InChI is InChI=1S/C15H21BrFN/c1-4-7-18-14-9-12(15(14,2)3)11-8-10(16)5-6-13(11)17/h5-6,8,12,14,18H,4,7,9H2,1-3H3. The quantitative estimate of drug-likeness (QED) is 0.864. The van der Waals surface area contributed by atoms with E-state index in [1.54, 1.807) is 12.1 Å². The third-order valence-electron chi connectivity index (χ3n) is 4.24. The molecule has 18 heavy (non-hydrogen) atoms. The molecule has 2 unspecified atom stereocenters. The lowest BCUT2D eigenvalue weighted by Crippen LogP contribution is -2.55. The SMILES string of the molecule is CCCNC1CC(c2cc(Br)ccc2F)C1(C)C. The average molecular weight is 314 g/mol. The molecular formula is C15H21BrFN. The number of benzene rings is 1. The molecule has 1 nitrogen and oxygen atoms in total. The Morgan fingerprint density at radius 1 is 1.44 bits per heavy atom. The van der Waals surface area contributed by atoms with E-state index in [1.165, 1.54) is 0 Å². The number of nitrogens with one attached hydrogen (secondary N) is 1. The lowest BCUT2D eigenvalue weighted by atomic mass is 9.56. The molecule has 3 heteroatoms. The van der Waals surface area contributed by atoms with Crippen LogP contribution in [0.25, 0.3) is 0 Å². The van der Waals surface area contributed by atoms with Crippen LogP contribution in [0.1, 0.15) is 45.1 Å². The fourth-order valence-electron chi connectivity index (χ4n) is 2.90. The zero-order valence-corrected chi connectivity index (χ0v) is 12.8. The molecule has 0 spiro atoms. The monoisotopic (exact) mass is 313 g/mol. The summed E-state index contributed by atoms with van der Waals surface area (Å²) >= 11 is 3.43. The van der Waals surface area contributed by atoms with Crippen LogP contribution in [0.3, 0.4) is 0 Å². The number of halogens is 2. The molecule has 2 atom stereocenters. The van der Waals surface area contributed by atoms with Crippen molar-refractivity contribution in [3.8, 4) is 0 Å². The van der Waals surface area contributed by atoms with Crippen LogP contribution < -0.4 is 5.32 Å². The van der Waals surface area contributed by atoms with Crippen LogP contribution in [0.5, 0.6) is 0 Å². The van der Waals surface area contributed by atoms with E-state index in [2.05, 4.69) is 42.0 Å². The predicted molar refractivity (Wildman–Crippen MR) is 77.3 cm³/mol. The molecule has 0 heterocycles. The Hall–Kier alpha value is -0.410. The summed E-state index contributed by atoms with van der Waals surface area (Å²) in [5.41, 5.74) is 0.973. The Morgan fingerprint density at radius 2 is 2.17 bits per heavy atom. The van der Waals surface area contributed by atoms with E-state index in [0.717, 1.165) is 29.4 Å². The molecule has 1 fully saturated rings. The molecule has 1 saturated carbocycles. The summed E-state index contributed by atoms with van der Waals surface area (Å²) in [6.07, 6.45) is 2.17. The van der Waals surface area contributed by atoms with Gasteiger partial charge in [0.15, 0.2) is 0 Å². The molecule has 1 aromatic rings. The normalized spacial score (nSPS) is 25.8. The van der Waals surface area contributed by atoms with Crippen molar-refractivity contribution in [1.82, 2.24) is 5.32 Å². The van der Waals surface area contributed by atoms with E-state index in [9.17, 15) is 4.39 Å². The van der Waals surface area contributed by atoms with Crippen LogP contribution in [-0.4, -0.2) is 12.6 Å². The van der Waals surface area contributed by atoms with Crippen LogP contribution in [0.4, 0.5) is 4.39 Å². The highest BCUT2D eigenvalue weighted by atomic mass is 79.9. The van der Waals surface area contributed by atoms with Gasteiger partial charge in [-0.2, -0.15) is 0 Å². The smallest absolute Gasteiger partial charge is 0.126 e. The Morgan fingerprint density at radius 3 is 2.78 bits per heavy atom. The molecule has 1 N–H and O–H groups in total. The lowest BCUT2D eigenvalue weighted by molar-refractivity contribution is 0.0672. The van der Waals surface area contributed by atoms with Crippen molar-refractivity contribution in [2.75, 3.05) is 6.54 Å². The van der Waals surface area contributed by atoms with Crippen molar-refractivity contribution in [2.24, 2.45) is 5.41 Å². The highest BCUT2D eigenvalue weighted by Crippen LogP contribution is 2.53. The summed E-state index contributed by atoms with van der Waals surface area (Å²) in [5.74, 6) is 0.231. The van der Waals surface area contributed by atoms with Gasteiger partial charge in [-0.3, -0.25) is 0 Å². The first-order chi connectivity index (χ1) is 8.46. The zero-order chi connectivity index (χ0) is 13.3.